The highest BCUT2D eigenvalue weighted by Gasteiger charge is 2.28. The molecule has 0 aliphatic heterocycles. The smallest absolute Gasteiger partial charge is 0.0531 e. The van der Waals surface area contributed by atoms with Crippen molar-refractivity contribution in [2.24, 2.45) is 0 Å². The number of fused-ring (bicyclic) bond motifs is 18. The summed E-state index contributed by atoms with van der Waals surface area (Å²) >= 11 is 0. The van der Waals surface area contributed by atoms with E-state index in [1.54, 1.807) is 0 Å². The third-order valence-corrected chi connectivity index (χ3v) is 23.2. The van der Waals surface area contributed by atoms with Gasteiger partial charge >= 0.3 is 0 Å². The number of hydrogen-bond donors (Lipinski definition) is 0. The van der Waals surface area contributed by atoms with Crippen LogP contribution in [0, 0.1) is 138 Å². The minimum Gasteiger partial charge on any atom is -0.257 e. The number of nitrogens with zero attached hydrogens (tertiary/aromatic N) is 2. The summed E-state index contributed by atoms with van der Waals surface area (Å²) in [5.41, 5.74) is 62.1. The maximum Gasteiger partial charge on any atom is 0.0531 e. The van der Waals surface area contributed by atoms with E-state index in [2.05, 4.69) is 296 Å². The van der Waals surface area contributed by atoms with E-state index in [1.807, 2.05) is 0 Å². The Balaban J connectivity index is 0.000000106. The fourth-order valence-corrected chi connectivity index (χ4v) is 16.4. The van der Waals surface area contributed by atoms with E-state index in [0.29, 0.717) is 0 Å². The number of rotatable bonds is 0. The predicted molar refractivity (Wildman–Crippen MR) is 418 cm³/mol. The molecule has 0 atom stereocenters. The highest BCUT2D eigenvalue weighted by Crippen LogP contribution is 2.46. The minimum atomic E-state index is 0.999. The molecule has 2 heterocycles. The van der Waals surface area contributed by atoms with Crippen LogP contribution in [-0.2, 0) is 38.5 Å². The van der Waals surface area contributed by atoms with E-state index < -0.39 is 0 Å². The number of pyridine rings is 2. The summed E-state index contributed by atoms with van der Waals surface area (Å²) in [6, 6.07) is 58.5. The molecule has 2 heteroatoms. The highest BCUT2D eigenvalue weighted by atomic mass is 14.7. The van der Waals surface area contributed by atoms with Crippen molar-refractivity contribution in [3.05, 3.63) is 336 Å². The van der Waals surface area contributed by atoms with Gasteiger partial charge in [-0.15, -0.1) is 0 Å². The zero-order valence-electron chi connectivity index (χ0n) is 62.1. The quantitative estimate of drug-likeness (QED) is 0.151. The van der Waals surface area contributed by atoms with Crippen molar-refractivity contribution in [1.29, 1.82) is 0 Å². The Hall–Kier alpha value is -9.50. The van der Waals surface area contributed by atoms with Gasteiger partial charge in [0.05, 0.1) is 11.4 Å². The first-order valence-electron chi connectivity index (χ1n) is 35.7. The van der Waals surface area contributed by atoms with Gasteiger partial charge in [-0.2, -0.15) is 0 Å². The van der Waals surface area contributed by atoms with Crippen LogP contribution in [0.2, 0.25) is 0 Å². The minimum absolute atomic E-state index is 0.999. The highest BCUT2D eigenvalue weighted by molar-refractivity contribution is 5.84. The van der Waals surface area contributed by atoms with Gasteiger partial charge in [0.25, 0.3) is 0 Å². The van der Waals surface area contributed by atoms with Crippen molar-refractivity contribution in [1.82, 2.24) is 9.97 Å². The third kappa shape index (κ3) is 12.4. The predicted octanol–water partition coefficient (Wildman–Crippen LogP) is 24.5. The summed E-state index contributed by atoms with van der Waals surface area (Å²) in [7, 11) is 0. The van der Waals surface area contributed by atoms with Crippen molar-refractivity contribution < 1.29 is 0 Å². The molecular formula is C96H98N2. The molecule has 12 aromatic rings. The van der Waals surface area contributed by atoms with Crippen LogP contribution in [0.5, 0.6) is 0 Å². The maximum atomic E-state index is 4.74. The molecule has 10 aromatic carbocycles. The van der Waals surface area contributed by atoms with Crippen molar-refractivity contribution in [3.8, 4) is 66.8 Å². The molecule has 0 amide bonds. The largest absolute Gasteiger partial charge is 0.257 e. The third-order valence-electron chi connectivity index (χ3n) is 23.2. The molecule has 98 heavy (non-hydrogen) atoms. The molecular weight excluding hydrogens is 1180 g/mol. The van der Waals surface area contributed by atoms with Crippen LogP contribution in [-0.4, -0.2) is 9.97 Å². The Morgan fingerprint density at radius 2 is 0.714 bits per heavy atom. The van der Waals surface area contributed by atoms with Crippen molar-refractivity contribution in [3.63, 3.8) is 0 Å². The molecule has 0 fully saturated rings. The van der Waals surface area contributed by atoms with Gasteiger partial charge in [0.15, 0.2) is 0 Å². The van der Waals surface area contributed by atoms with Crippen LogP contribution >= 0.6 is 0 Å². The van der Waals surface area contributed by atoms with Crippen LogP contribution < -0.4 is 0 Å². The number of aromatic nitrogens is 2. The lowest BCUT2D eigenvalue weighted by molar-refractivity contribution is 1.04. The molecule has 0 spiro atoms. The molecule has 0 bridgehead atoms. The van der Waals surface area contributed by atoms with Gasteiger partial charge in [0.1, 0.15) is 0 Å². The molecule has 6 aliphatic rings. The number of hydrogen-bond acceptors (Lipinski definition) is 2. The summed E-state index contributed by atoms with van der Waals surface area (Å²) in [4.78, 5) is 9.44. The van der Waals surface area contributed by atoms with Crippen molar-refractivity contribution in [2.75, 3.05) is 0 Å². The molecule has 6 aliphatic carbocycles. The SMILES string of the molecule is Cc1cc(C)c2c(n1)Cc1c-2ccc(C)c1C.Cc1cc2c(c(C)c1C)-c1ccccc1C2.Cc1cc2c(c(C)c1C)Cc1ccccc1-2.Cc1cc2c(cc1C)-c1c(C)cccc1C2.Cc1cc2c(nc1C)Cc1c-2ccc(C)c1C.Cc1ccc2c(c1)-c1cc(C)c(C)cc1C2. The van der Waals surface area contributed by atoms with E-state index in [-0.39, 0.29) is 0 Å². The van der Waals surface area contributed by atoms with E-state index >= 15 is 0 Å². The van der Waals surface area contributed by atoms with E-state index in [9.17, 15) is 0 Å². The molecule has 18 rings (SSSR count). The van der Waals surface area contributed by atoms with Crippen LogP contribution in [0.1, 0.15) is 179 Å². The topological polar surface area (TPSA) is 25.8 Å². The number of benzene rings is 10. The summed E-state index contributed by atoms with van der Waals surface area (Å²) in [5, 5.41) is 0. The van der Waals surface area contributed by atoms with Crippen LogP contribution in [0.25, 0.3) is 66.8 Å². The molecule has 2 aromatic heterocycles. The van der Waals surface area contributed by atoms with Gasteiger partial charge < -0.3 is 0 Å². The zero-order valence-corrected chi connectivity index (χ0v) is 62.1. The Labute approximate surface area is 586 Å². The fraction of sp³-hybridized carbons (Fsp3) is 0.271. The lowest BCUT2D eigenvalue weighted by Gasteiger charge is -2.11. The molecule has 0 saturated heterocycles. The average Bonchev–Trinajstić information content (AvgIpc) is 1.66. The second-order valence-corrected chi connectivity index (χ2v) is 29.6. The van der Waals surface area contributed by atoms with Gasteiger partial charge in [0, 0.05) is 35.4 Å². The monoisotopic (exact) mass is 1280 g/mol. The Morgan fingerprint density at radius 1 is 0.214 bits per heavy atom. The normalized spacial score (nSPS) is 12.4. The molecule has 492 valence electrons. The van der Waals surface area contributed by atoms with Crippen molar-refractivity contribution in [2.45, 2.75) is 177 Å². The molecule has 0 N–H and O–H groups in total. The van der Waals surface area contributed by atoms with Gasteiger partial charge in [-0.3, -0.25) is 9.97 Å². The Bertz CT molecular complexity index is 5250. The van der Waals surface area contributed by atoms with E-state index in [0.717, 1.165) is 49.9 Å². The summed E-state index contributed by atoms with van der Waals surface area (Å²) in [5.74, 6) is 0. The second-order valence-electron chi connectivity index (χ2n) is 29.6. The van der Waals surface area contributed by atoms with Gasteiger partial charge in [0.2, 0.25) is 0 Å². The average molecular weight is 1280 g/mol. The van der Waals surface area contributed by atoms with Crippen LogP contribution in [0.3, 0.4) is 0 Å². The Kier molecular flexibility index (Phi) is 18.3. The summed E-state index contributed by atoms with van der Waals surface area (Å²) in [6.07, 6.45) is 6.42. The van der Waals surface area contributed by atoms with Crippen LogP contribution in [0.4, 0.5) is 0 Å². The lowest BCUT2D eigenvalue weighted by atomic mass is 9.93. The molecule has 2 nitrogen and oxygen atoms in total. The lowest BCUT2D eigenvalue weighted by Crippen LogP contribution is -1.93. The van der Waals surface area contributed by atoms with Crippen LogP contribution in [0.15, 0.2) is 158 Å². The molecule has 0 unspecified atom stereocenters. The van der Waals surface area contributed by atoms with Gasteiger partial charge in [-0.1, -0.05) is 151 Å². The van der Waals surface area contributed by atoms with E-state index in [1.165, 1.54) is 234 Å². The first kappa shape index (κ1) is 67.1. The fourth-order valence-electron chi connectivity index (χ4n) is 16.4. The van der Waals surface area contributed by atoms with Crippen molar-refractivity contribution >= 4 is 0 Å². The Morgan fingerprint density at radius 3 is 1.42 bits per heavy atom. The van der Waals surface area contributed by atoms with E-state index in [4.69, 9.17) is 9.97 Å². The zero-order chi connectivity index (χ0) is 69.4. The standard InChI is InChI=1S/2C16H17N.4C16H16/c1-9-5-6-13-14(11(9)3)8-16-15(13)7-10(2)12(4)17-16;1-9-5-6-13-14(12(9)4)8-15-16(13)10(2)7-11(3)17-15;1-10-4-5-13-9-14-7-11(2)12(3)8-16(14)15(13)6-10;1-10-5-4-6-13-9-14-7-11(2)12(3)8-15(14)16(10)13;1-10-8-14-9-13-6-4-5-7-15(13)16(14)12(3)11(10)2;1-10-8-16-14-7-5-4-6-13(14)9-15(16)12(3)11(10)2/h2*5-7H,8H2,1-4H3;4*4-8H,9H2,1-3H3. The summed E-state index contributed by atoms with van der Waals surface area (Å²) in [6.45, 7) is 43.9. The molecule has 0 saturated carbocycles. The first-order valence-corrected chi connectivity index (χ1v) is 35.7. The number of aryl methyl sites for hydroxylation is 14. The van der Waals surface area contributed by atoms with Gasteiger partial charge in [-0.25, -0.2) is 0 Å². The first-order chi connectivity index (χ1) is 46.8. The van der Waals surface area contributed by atoms with Gasteiger partial charge in [-0.05, 0) is 382 Å². The second kappa shape index (κ2) is 26.7. The maximum absolute atomic E-state index is 4.74. The summed E-state index contributed by atoms with van der Waals surface area (Å²) < 4.78 is 0. The molecule has 0 radical (unpaired) electrons.